The standard InChI is InChI=1S/C60H90O4/c1-10-13-16-19-22-25-34-48-37-28-31-40-55(48)62-58(4,5)45-51-43-44-54(61)53(47-60(8,9)64-57-42-33-30-39-50(57)36-27-24-21-18-15-12-3)52(51)46-59(6,7)63-56-41-32-29-38-49(56)35-26-23-20-17-14-11-2/h28-33,37-44,61H,10-27,34-36,45-47H2,1-9H3. The summed E-state index contributed by atoms with van der Waals surface area (Å²) in [7, 11) is 0. The first kappa shape index (κ1) is 52.7. The average molecular weight is 875 g/mol. The molecule has 0 fully saturated rings. The van der Waals surface area contributed by atoms with Crippen molar-refractivity contribution in [2.45, 2.75) is 233 Å². The maximum Gasteiger partial charge on any atom is 0.123 e. The molecular weight excluding hydrogens is 785 g/mol. The Morgan fingerprint density at radius 2 is 0.656 bits per heavy atom. The number of hydrogen-bond acceptors (Lipinski definition) is 4. The molecule has 0 saturated heterocycles. The second kappa shape index (κ2) is 27.5. The topological polar surface area (TPSA) is 47.9 Å². The maximum atomic E-state index is 11.9. The molecule has 4 nitrogen and oxygen atoms in total. The lowest BCUT2D eigenvalue weighted by Crippen LogP contribution is -2.36. The van der Waals surface area contributed by atoms with Crippen molar-refractivity contribution in [1.29, 1.82) is 0 Å². The van der Waals surface area contributed by atoms with Crippen LogP contribution in [0.2, 0.25) is 0 Å². The van der Waals surface area contributed by atoms with Crippen LogP contribution >= 0.6 is 0 Å². The third kappa shape index (κ3) is 18.9. The zero-order valence-corrected chi connectivity index (χ0v) is 42.2. The van der Waals surface area contributed by atoms with E-state index in [1.807, 2.05) is 6.07 Å². The fourth-order valence-corrected chi connectivity index (χ4v) is 9.34. The van der Waals surface area contributed by atoms with Crippen LogP contribution < -0.4 is 14.2 Å². The molecule has 0 aliphatic rings. The van der Waals surface area contributed by atoms with Gasteiger partial charge in [-0.3, -0.25) is 0 Å². The Balaban J connectivity index is 1.63. The number of benzene rings is 4. The molecule has 4 aromatic carbocycles. The second-order valence-electron chi connectivity index (χ2n) is 20.7. The van der Waals surface area contributed by atoms with Gasteiger partial charge in [-0.2, -0.15) is 0 Å². The summed E-state index contributed by atoms with van der Waals surface area (Å²) >= 11 is 0. The Bertz CT molecular complexity index is 1900. The van der Waals surface area contributed by atoms with Crippen LogP contribution in [0.1, 0.15) is 211 Å². The zero-order chi connectivity index (χ0) is 46.3. The highest BCUT2D eigenvalue weighted by molar-refractivity contribution is 5.47. The molecule has 1 N–H and O–H groups in total. The van der Waals surface area contributed by atoms with Crippen LogP contribution in [-0.4, -0.2) is 21.9 Å². The second-order valence-corrected chi connectivity index (χ2v) is 20.7. The Hall–Kier alpha value is -3.92. The molecule has 0 saturated carbocycles. The molecular formula is C60H90O4. The molecule has 4 rings (SSSR count). The van der Waals surface area contributed by atoms with Crippen LogP contribution in [0.3, 0.4) is 0 Å². The Morgan fingerprint density at radius 3 is 1.03 bits per heavy atom. The Labute approximate surface area is 392 Å². The first-order valence-corrected chi connectivity index (χ1v) is 25.9. The van der Waals surface area contributed by atoms with Crippen molar-refractivity contribution in [3.63, 3.8) is 0 Å². The average Bonchev–Trinajstić information content (AvgIpc) is 3.25. The van der Waals surface area contributed by atoms with Crippen molar-refractivity contribution in [3.8, 4) is 23.0 Å². The van der Waals surface area contributed by atoms with E-state index < -0.39 is 16.8 Å². The van der Waals surface area contributed by atoms with Gasteiger partial charge >= 0.3 is 0 Å². The van der Waals surface area contributed by atoms with E-state index in [-0.39, 0.29) is 0 Å². The van der Waals surface area contributed by atoms with Gasteiger partial charge in [-0.25, -0.2) is 0 Å². The van der Waals surface area contributed by atoms with Gasteiger partial charge in [-0.1, -0.05) is 178 Å². The number of rotatable bonds is 33. The van der Waals surface area contributed by atoms with Crippen LogP contribution in [0.4, 0.5) is 0 Å². The molecule has 0 amide bonds. The summed E-state index contributed by atoms with van der Waals surface area (Å²) in [5, 5.41) is 11.9. The van der Waals surface area contributed by atoms with Crippen LogP contribution in [0.25, 0.3) is 0 Å². The molecule has 64 heavy (non-hydrogen) atoms. The number of phenolic OH excluding ortho intramolecular Hbond substituents is 1. The Kier molecular flexibility index (Phi) is 22.7. The number of aryl methyl sites for hydroxylation is 3. The van der Waals surface area contributed by atoms with E-state index in [0.29, 0.717) is 25.0 Å². The molecule has 0 aliphatic heterocycles. The van der Waals surface area contributed by atoms with E-state index in [0.717, 1.165) is 54.1 Å². The van der Waals surface area contributed by atoms with Crippen molar-refractivity contribution in [2.24, 2.45) is 0 Å². The normalized spacial score (nSPS) is 12.1. The monoisotopic (exact) mass is 875 g/mol. The van der Waals surface area contributed by atoms with Gasteiger partial charge in [-0.15, -0.1) is 0 Å². The van der Waals surface area contributed by atoms with Crippen molar-refractivity contribution in [2.75, 3.05) is 0 Å². The van der Waals surface area contributed by atoms with E-state index in [2.05, 4.69) is 141 Å². The number of aromatic hydroxyl groups is 1. The minimum absolute atomic E-state index is 0.304. The molecule has 0 heterocycles. The van der Waals surface area contributed by atoms with Gasteiger partial charge < -0.3 is 19.3 Å². The zero-order valence-electron chi connectivity index (χ0n) is 42.2. The predicted molar refractivity (Wildman–Crippen MR) is 274 cm³/mol. The molecule has 0 atom stereocenters. The largest absolute Gasteiger partial charge is 0.508 e. The number of hydrogen-bond donors (Lipinski definition) is 1. The summed E-state index contributed by atoms with van der Waals surface area (Å²) in [5.74, 6) is 3.18. The van der Waals surface area contributed by atoms with E-state index in [9.17, 15) is 5.11 Å². The van der Waals surface area contributed by atoms with Gasteiger partial charge in [0.2, 0.25) is 0 Å². The van der Waals surface area contributed by atoms with Crippen LogP contribution in [0.15, 0.2) is 84.9 Å². The third-order valence-corrected chi connectivity index (χ3v) is 12.8. The summed E-state index contributed by atoms with van der Waals surface area (Å²) in [5.41, 5.74) is 5.33. The molecule has 0 bridgehead atoms. The van der Waals surface area contributed by atoms with Crippen LogP contribution in [0, 0.1) is 0 Å². The Morgan fingerprint density at radius 1 is 0.344 bits per heavy atom. The lowest BCUT2D eigenvalue weighted by atomic mass is 9.82. The maximum absolute atomic E-state index is 11.9. The fraction of sp³-hybridized carbons (Fsp3) is 0.600. The minimum atomic E-state index is -0.599. The van der Waals surface area contributed by atoms with Gasteiger partial charge in [0.25, 0.3) is 0 Å². The van der Waals surface area contributed by atoms with Crippen LogP contribution in [0.5, 0.6) is 23.0 Å². The highest BCUT2D eigenvalue weighted by Crippen LogP contribution is 2.38. The first-order chi connectivity index (χ1) is 30.8. The van der Waals surface area contributed by atoms with Gasteiger partial charge in [0.1, 0.15) is 39.8 Å². The highest BCUT2D eigenvalue weighted by Gasteiger charge is 2.32. The van der Waals surface area contributed by atoms with Crippen molar-refractivity contribution >= 4 is 0 Å². The predicted octanol–water partition coefficient (Wildman–Crippen LogP) is 17.3. The fourth-order valence-electron chi connectivity index (χ4n) is 9.34. The quantitative estimate of drug-likeness (QED) is 0.0485. The smallest absolute Gasteiger partial charge is 0.123 e. The molecule has 354 valence electrons. The van der Waals surface area contributed by atoms with E-state index in [1.54, 1.807) is 0 Å². The number of para-hydroxylation sites is 3. The molecule has 0 radical (unpaired) electrons. The summed E-state index contributed by atoms with van der Waals surface area (Å²) in [6, 6.07) is 29.8. The summed E-state index contributed by atoms with van der Waals surface area (Å²) in [6.45, 7) is 20.0. The lowest BCUT2D eigenvalue weighted by Gasteiger charge is -2.34. The summed E-state index contributed by atoms with van der Waals surface area (Å²) < 4.78 is 21.0. The molecule has 0 aliphatic carbocycles. The van der Waals surface area contributed by atoms with E-state index >= 15 is 0 Å². The van der Waals surface area contributed by atoms with Crippen molar-refractivity contribution < 1.29 is 19.3 Å². The summed E-state index contributed by atoms with van der Waals surface area (Å²) in [4.78, 5) is 0. The van der Waals surface area contributed by atoms with Gasteiger partial charge in [0.15, 0.2) is 0 Å². The van der Waals surface area contributed by atoms with Crippen molar-refractivity contribution in [1.82, 2.24) is 0 Å². The number of unbranched alkanes of at least 4 members (excludes halogenated alkanes) is 15. The lowest BCUT2D eigenvalue weighted by molar-refractivity contribution is 0.0978. The third-order valence-electron chi connectivity index (χ3n) is 12.8. The number of phenols is 1. The van der Waals surface area contributed by atoms with Crippen LogP contribution in [-0.2, 0) is 38.5 Å². The van der Waals surface area contributed by atoms with Gasteiger partial charge in [0.05, 0.1) is 0 Å². The SMILES string of the molecule is CCCCCCCCc1ccccc1OC(C)(C)Cc1ccc(O)c(CC(C)(C)Oc2ccccc2CCCCCCCC)c1CC(C)(C)Oc1ccccc1CCCCCCCC. The summed E-state index contributed by atoms with van der Waals surface area (Å²) in [6.07, 6.45) is 27.7. The first-order valence-electron chi connectivity index (χ1n) is 25.9. The van der Waals surface area contributed by atoms with Gasteiger partial charge in [0, 0.05) is 24.8 Å². The molecule has 4 aromatic rings. The molecule has 0 unspecified atom stereocenters. The number of ether oxygens (including phenoxy) is 3. The minimum Gasteiger partial charge on any atom is -0.508 e. The molecule has 0 spiro atoms. The molecule has 0 aromatic heterocycles. The highest BCUT2D eigenvalue weighted by atomic mass is 16.5. The molecule has 4 heteroatoms. The van der Waals surface area contributed by atoms with Gasteiger partial charge in [-0.05, 0) is 132 Å². The van der Waals surface area contributed by atoms with Crippen molar-refractivity contribution in [3.05, 3.63) is 118 Å². The van der Waals surface area contributed by atoms with E-state index in [4.69, 9.17) is 14.2 Å². The van der Waals surface area contributed by atoms with E-state index in [1.165, 1.54) is 131 Å².